The smallest absolute Gasteiger partial charge is 0.0205 e. The molecule has 20 heavy (non-hydrogen) atoms. The van der Waals surface area contributed by atoms with Gasteiger partial charge in [0.2, 0.25) is 0 Å². The minimum absolute atomic E-state index is 0.311. The highest BCUT2D eigenvalue weighted by Gasteiger charge is 2.34. The molecular weight excluding hydrogens is 242 g/mol. The van der Waals surface area contributed by atoms with Crippen LogP contribution in [-0.4, -0.2) is 18.0 Å². The zero-order valence-corrected chi connectivity index (χ0v) is 14.3. The van der Waals surface area contributed by atoms with Gasteiger partial charge in [0.05, 0.1) is 0 Å². The molecule has 0 aromatic heterocycles. The van der Waals surface area contributed by atoms with Crippen molar-refractivity contribution in [3.8, 4) is 0 Å². The standard InChI is InChI=1S/C19H33N/c1-15(2)13-20(16(3)4)14-17(5)19(6,7)18-11-9-8-10-12-18/h8-11,15,17-18H,3,12-14H2,1-2,4-7H3. The molecule has 0 amide bonds. The van der Waals surface area contributed by atoms with Gasteiger partial charge in [0.25, 0.3) is 0 Å². The Morgan fingerprint density at radius 1 is 1.25 bits per heavy atom. The molecule has 2 atom stereocenters. The Bertz CT molecular complexity index is 373. The summed E-state index contributed by atoms with van der Waals surface area (Å²) in [6.45, 7) is 20.3. The highest BCUT2D eigenvalue weighted by Crippen LogP contribution is 2.40. The molecule has 1 aliphatic carbocycles. The predicted octanol–water partition coefficient (Wildman–Crippen LogP) is 5.27. The van der Waals surface area contributed by atoms with E-state index in [1.807, 2.05) is 0 Å². The van der Waals surface area contributed by atoms with Crippen molar-refractivity contribution in [2.75, 3.05) is 13.1 Å². The lowest BCUT2D eigenvalue weighted by atomic mass is 9.67. The van der Waals surface area contributed by atoms with Crippen LogP contribution in [0.5, 0.6) is 0 Å². The van der Waals surface area contributed by atoms with Crippen LogP contribution in [-0.2, 0) is 0 Å². The van der Waals surface area contributed by atoms with Crippen LogP contribution in [0.4, 0.5) is 0 Å². The van der Waals surface area contributed by atoms with Gasteiger partial charge in [-0.1, -0.05) is 65.5 Å². The number of nitrogens with zero attached hydrogens (tertiary/aromatic N) is 1. The lowest BCUT2D eigenvalue weighted by Gasteiger charge is -2.42. The van der Waals surface area contributed by atoms with Crippen LogP contribution in [0, 0.1) is 23.2 Å². The molecule has 114 valence electrons. The zero-order chi connectivity index (χ0) is 15.3. The summed E-state index contributed by atoms with van der Waals surface area (Å²) in [6, 6.07) is 0. The van der Waals surface area contributed by atoms with E-state index < -0.39 is 0 Å². The second-order valence-electron chi connectivity index (χ2n) is 7.41. The maximum absolute atomic E-state index is 4.16. The third kappa shape index (κ3) is 4.54. The second kappa shape index (κ2) is 7.15. The fraction of sp³-hybridized carbons (Fsp3) is 0.684. The summed E-state index contributed by atoms with van der Waals surface area (Å²) in [5, 5.41) is 0. The molecule has 1 nitrogen and oxygen atoms in total. The third-order valence-corrected chi connectivity index (χ3v) is 4.83. The van der Waals surface area contributed by atoms with Crippen LogP contribution in [0.3, 0.4) is 0 Å². The fourth-order valence-corrected chi connectivity index (χ4v) is 2.89. The lowest BCUT2D eigenvalue weighted by molar-refractivity contribution is 0.118. The molecule has 0 bridgehead atoms. The molecule has 0 saturated heterocycles. The van der Waals surface area contributed by atoms with E-state index in [9.17, 15) is 0 Å². The van der Waals surface area contributed by atoms with Gasteiger partial charge in [-0.05, 0) is 36.5 Å². The van der Waals surface area contributed by atoms with Crippen molar-refractivity contribution in [2.24, 2.45) is 23.2 Å². The van der Waals surface area contributed by atoms with Crippen LogP contribution < -0.4 is 0 Å². The molecule has 1 aliphatic rings. The maximum Gasteiger partial charge on any atom is 0.0205 e. The molecule has 0 N–H and O–H groups in total. The molecule has 1 heteroatoms. The van der Waals surface area contributed by atoms with Crippen molar-refractivity contribution in [2.45, 2.75) is 48.0 Å². The van der Waals surface area contributed by atoms with Crippen LogP contribution in [0.1, 0.15) is 48.0 Å². The second-order valence-corrected chi connectivity index (χ2v) is 7.41. The molecule has 0 aromatic rings. The summed E-state index contributed by atoms with van der Waals surface area (Å²) in [5.74, 6) is 1.96. The minimum Gasteiger partial charge on any atom is -0.375 e. The summed E-state index contributed by atoms with van der Waals surface area (Å²) in [5.41, 5.74) is 1.51. The molecule has 0 aromatic carbocycles. The van der Waals surface area contributed by atoms with E-state index in [1.165, 1.54) is 12.1 Å². The van der Waals surface area contributed by atoms with Gasteiger partial charge in [-0.3, -0.25) is 0 Å². The SMILES string of the molecule is C=C(C)N(CC(C)C)CC(C)C(C)(C)C1C=CC=CC1. The Balaban J connectivity index is 2.71. The van der Waals surface area contributed by atoms with E-state index in [-0.39, 0.29) is 0 Å². The molecule has 2 unspecified atom stereocenters. The highest BCUT2D eigenvalue weighted by atomic mass is 15.1. The number of allylic oxidation sites excluding steroid dienone is 5. The molecular formula is C19H33N. The minimum atomic E-state index is 0.311. The van der Waals surface area contributed by atoms with Crippen molar-refractivity contribution in [1.82, 2.24) is 4.90 Å². The van der Waals surface area contributed by atoms with E-state index in [0.717, 1.165) is 13.1 Å². The summed E-state index contributed by atoms with van der Waals surface area (Å²) >= 11 is 0. The third-order valence-electron chi connectivity index (χ3n) is 4.83. The molecule has 0 fully saturated rings. The Labute approximate surface area is 126 Å². The van der Waals surface area contributed by atoms with Gasteiger partial charge in [0.15, 0.2) is 0 Å². The molecule has 0 spiro atoms. The number of rotatable bonds is 7. The van der Waals surface area contributed by atoms with E-state index in [4.69, 9.17) is 0 Å². The summed E-state index contributed by atoms with van der Waals surface area (Å²) in [4.78, 5) is 2.46. The van der Waals surface area contributed by atoms with Crippen molar-refractivity contribution >= 4 is 0 Å². The van der Waals surface area contributed by atoms with Gasteiger partial charge in [-0.25, -0.2) is 0 Å². The summed E-state index contributed by atoms with van der Waals surface area (Å²) in [6.07, 6.45) is 10.2. The summed E-state index contributed by atoms with van der Waals surface area (Å²) in [7, 11) is 0. The fourth-order valence-electron chi connectivity index (χ4n) is 2.89. The number of hydrogen-bond donors (Lipinski definition) is 0. The van der Waals surface area contributed by atoms with Crippen LogP contribution >= 0.6 is 0 Å². The number of hydrogen-bond acceptors (Lipinski definition) is 1. The van der Waals surface area contributed by atoms with E-state index in [1.54, 1.807) is 0 Å². The maximum atomic E-state index is 4.16. The van der Waals surface area contributed by atoms with Gasteiger partial charge in [-0.2, -0.15) is 0 Å². The Morgan fingerprint density at radius 2 is 1.90 bits per heavy atom. The van der Waals surface area contributed by atoms with Crippen LogP contribution in [0.2, 0.25) is 0 Å². The monoisotopic (exact) mass is 275 g/mol. The Morgan fingerprint density at radius 3 is 2.35 bits per heavy atom. The van der Waals surface area contributed by atoms with Gasteiger partial charge >= 0.3 is 0 Å². The molecule has 0 aliphatic heterocycles. The topological polar surface area (TPSA) is 3.24 Å². The van der Waals surface area contributed by atoms with Crippen molar-refractivity contribution in [3.63, 3.8) is 0 Å². The normalized spacial score (nSPS) is 20.2. The lowest BCUT2D eigenvalue weighted by Crippen LogP contribution is -2.39. The highest BCUT2D eigenvalue weighted by molar-refractivity contribution is 5.13. The van der Waals surface area contributed by atoms with Crippen molar-refractivity contribution < 1.29 is 0 Å². The van der Waals surface area contributed by atoms with Crippen LogP contribution in [0.15, 0.2) is 36.6 Å². The van der Waals surface area contributed by atoms with Gasteiger partial charge < -0.3 is 4.90 Å². The van der Waals surface area contributed by atoms with Gasteiger partial charge in [-0.15, -0.1) is 0 Å². The summed E-state index contributed by atoms with van der Waals surface area (Å²) < 4.78 is 0. The Hall–Kier alpha value is -0.980. The first-order valence-corrected chi connectivity index (χ1v) is 7.99. The van der Waals surface area contributed by atoms with Crippen LogP contribution in [0.25, 0.3) is 0 Å². The average molecular weight is 275 g/mol. The zero-order valence-electron chi connectivity index (χ0n) is 14.3. The van der Waals surface area contributed by atoms with Crippen molar-refractivity contribution in [3.05, 3.63) is 36.6 Å². The van der Waals surface area contributed by atoms with Gasteiger partial charge in [0.1, 0.15) is 0 Å². The van der Waals surface area contributed by atoms with Crippen molar-refractivity contribution in [1.29, 1.82) is 0 Å². The first-order chi connectivity index (χ1) is 9.25. The molecule has 1 rings (SSSR count). The van der Waals surface area contributed by atoms with E-state index in [0.29, 0.717) is 23.2 Å². The first kappa shape index (κ1) is 17.1. The molecule has 0 radical (unpaired) electrons. The Kier molecular flexibility index (Phi) is 6.10. The quantitative estimate of drug-likeness (QED) is 0.611. The molecule has 0 saturated carbocycles. The van der Waals surface area contributed by atoms with E-state index >= 15 is 0 Å². The van der Waals surface area contributed by atoms with Gasteiger partial charge in [0, 0.05) is 18.8 Å². The average Bonchev–Trinajstić information content (AvgIpc) is 2.38. The molecule has 0 heterocycles. The largest absolute Gasteiger partial charge is 0.375 e. The predicted molar refractivity (Wildman–Crippen MR) is 90.6 cm³/mol. The van der Waals surface area contributed by atoms with E-state index in [2.05, 4.69) is 77.3 Å². The first-order valence-electron chi connectivity index (χ1n) is 7.99.